The summed E-state index contributed by atoms with van der Waals surface area (Å²) >= 11 is 0. The number of halogens is 2. The van der Waals surface area contributed by atoms with Gasteiger partial charge >= 0.3 is 0 Å². The Kier molecular flexibility index (Phi) is 1.87. The molecule has 1 aromatic carbocycles. The first-order valence-corrected chi connectivity index (χ1v) is 5.55. The van der Waals surface area contributed by atoms with Crippen LogP contribution in [0, 0.1) is 11.6 Å². The van der Waals surface area contributed by atoms with E-state index in [2.05, 4.69) is 0 Å². The maximum Gasteiger partial charge on any atom is 0.183 e. The summed E-state index contributed by atoms with van der Waals surface area (Å²) in [5.74, 6) is -2.13. The van der Waals surface area contributed by atoms with Gasteiger partial charge in [0.05, 0.1) is 5.75 Å². The molecule has 2 rings (SSSR count). The molecular weight excluding hydrogens is 212 g/mol. The molecule has 1 aliphatic rings. The van der Waals surface area contributed by atoms with E-state index in [0.29, 0.717) is 0 Å². The number of hydrogen-bond acceptors (Lipinski definition) is 3. The topological polar surface area (TPSA) is 60.2 Å². The summed E-state index contributed by atoms with van der Waals surface area (Å²) in [6, 6.07) is 0.712. The van der Waals surface area contributed by atoms with Gasteiger partial charge in [0.2, 0.25) is 0 Å². The average molecular weight is 219 g/mol. The van der Waals surface area contributed by atoms with Gasteiger partial charge in [0, 0.05) is 11.6 Å². The zero-order valence-electron chi connectivity index (χ0n) is 7.00. The van der Waals surface area contributed by atoms with Crippen LogP contribution in [0.4, 0.5) is 8.78 Å². The van der Waals surface area contributed by atoms with Crippen molar-refractivity contribution in [1.82, 2.24) is 0 Å². The highest BCUT2D eigenvalue weighted by Crippen LogP contribution is 2.35. The maximum atomic E-state index is 13.2. The van der Waals surface area contributed by atoms with E-state index in [1.54, 1.807) is 0 Å². The van der Waals surface area contributed by atoms with Gasteiger partial charge in [-0.25, -0.2) is 17.2 Å². The number of hydrogen-bond donors (Lipinski definition) is 1. The normalized spacial score (nSPS) is 23.5. The smallest absolute Gasteiger partial charge is 0.183 e. The molecule has 1 atom stereocenters. The van der Waals surface area contributed by atoms with E-state index in [1.165, 1.54) is 0 Å². The maximum absolute atomic E-state index is 13.2. The quantitative estimate of drug-likeness (QED) is 0.700. The fraction of sp³-hybridized carbons (Fsp3) is 0.250. The molecule has 2 N–H and O–H groups in total. The Labute approximate surface area is 79.5 Å². The van der Waals surface area contributed by atoms with Crippen LogP contribution in [0.2, 0.25) is 0 Å². The molecule has 0 aliphatic carbocycles. The Morgan fingerprint density at radius 1 is 1.29 bits per heavy atom. The average Bonchev–Trinajstić information content (AvgIpc) is 2.30. The number of nitrogens with two attached hydrogens (primary N) is 1. The van der Waals surface area contributed by atoms with E-state index in [4.69, 9.17) is 5.73 Å². The number of rotatable bonds is 0. The molecule has 6 heteroatoms. The molecule has 0 saturated carbocycles. The minimum absolute atomic E-state index is 0.231. The van der Waals surface area contributed by atoms with Crippen LogP contribution in [0.1, 0.15) is 11.6 Å². The molecule has 0 amide bonds. The molecule has 1 unspecified atom stereocenters. The third kappa shape index (κ3) is 1.14. The molecular formula is C8H7F2NO2S. The minimum Gasteiger partial charge on any atom is -0.323 e. The molecule has 0 radical (unpaired) electrons. The fourth-order valence-corrected chi connectivity index (χ4v) is 3.37. The molecule has 76 valence electrons. The zero-order chi connectivity index (χ0) is 10.5. The van der Waals surface area contributed by atoms with Crippen molar-refractivity contribution in [2.45, 2.75) is 10.9 Å². The lowest BCUT2D eigenvalue weighted by Crippen LogP contribution is -2.12. The Bertz CT molecular complexity index is 498. The summed E-state index contributed by atoms with van der Waals surface area (Å²) < 4.78 is 49.0. The molecule has 0 fully saturated rings. The molecule has 14 heavy (non-hydrogen) atoms. The summed E-state index contributed by atoms with van der Waals surface area (Å²) in [7, 11) is -3.75. The van der Waals surface area contributed by atoms with Crippen molar-refractivity contribution in [3.8, 4) is 0 Å². The molecule has 0 bridgehead atoms. The van der Waals surface area contributed by atoms with E-state index in [-0.39, 0.29) is 5.56 Å². The largest absolute Gasteiger partial charge is 0.323 e. The first-order chi connectivity index (χ1) is 6.43. The number of fused-ring (bicyclic) bond motifs is 1. The summed E-state index contributed by atoms with van der Waals surface area (Å²) in [5, 5.41) is 0. The van der Waals surface area contributed by atoms with Crippen LogP contribution < -0.4 is 5.73 Å². The van der Waals surface area contributed by atoms with E-state index in [0.717, 1.165) is 12.1 Å². The standard InChI is InChI=1S/C8H7F2NO2S/c9-4-1-2-5(10)8-7(4)6(11)3-14(8,12)13/h1-2,6H,3,11H2. The predicted molar refractivity (Wildman–Crippen MR) is 45.3 cm³/mol. The van der Waals surface area contributed by atoms with Crippen molar-refractivity contribution in [2.24, 2.45) is 5.73 Å². The fourth-order valence-electron chi connectivity index (χ4n) is 1.61. The Morgan fingerprint density at radius 3 is 2.43 bits per heavy atom. The second-order valence-corrected chi connectivity index (χ2v) is 5.13. The van der Waals surface area contributed by atoms with Crippen molar-refractivity contribution in [1.29, 1.82) is 0 Å². The summed E-state index contributed by atoms with van der Waals surface area (Å²) in [6.45, 7) is 0. The Hall–Kier alpha value is -1.01. The SMILES string of the molecule is NC1CS(=O)(=O)c2c(F)ccc(F)c21. The molecule has 3 nitrogen and oxygen atoms in total. The Balaban J connectivity index is 2.87. The van der Waals surface area contributed by atoms with E-state index >= 15 is 0 Å². The van der Waals surface area contributed by atoms with Gasteiger partial charge in [-0.2, -0.15) is 0 Å². The van der Waals surface area contributed by atoms with Gasteiger partial charge in [0.25, 0.3) is 0 Å². The predicted octanol–water partition coefficient (Wildman–Crippen LogP) is 0.752. The third-order valence-electron chi connectivity index (χ3n) is 2.18. The van der Waals surface area contributed by atoms with Crippen LogP contribution in [0.5, 0.6) is 0 Å². The van der Waals surface area contributed by atoms with Crippen molar-refractivity contribution >= 4 is 9.84 Å². The van der Waals surface area contributed by atoms with E-state index < -0.39 is 38.2 Å². The molecule has 0 spiro atoms. The molecule has 0 aromatic heterocycles. The van der Waals surface area contributed by atoms with Gasteiger partial charge in [0.15, 0.2) is 9.84 Å². The Morgan fingerprint density at radius 2 is 1.86 bits per heavy atom. The van der Waals surface area contributed by atoms with Crippen LogP contribution in [-0.4, -0.2) is 14.2 Å². The van der Waals surface area contributed by atoms with Crippen LogP contribution in [0.25, 0.3) is 0 Å². The zero-order valence-corrected chi connectivity index (χ0v) is 7.81. The summed E-state index contributed by atoms with van der Waals surface area (Å²) in [5.41, 5.74) is 5.17. The summed E-state index contributed by atoms with van der Waals surface area (Å²) in [4.78, 5) is -0.579. The highest BCUT2D eigenvalue weighted by atomic mass is 32.2. The van der Waals surface area contributed by atoms with E-state index in [1.807, 2.05) is 0 Å². The molecule has 1 heterocycles. The number of sulfone groups is 1. The molecule has 1 aromatic rings. The number of benzene rings is 1. The highest BCUT2D eigenvalue weighted by molar-refractivity contribution is 7.91. The minimum atomic E-state index is -3.75. The first-order valence-electron chi connectivity index (χ1n) is 3.90. The summed E-state index contributed by atoms with van der Waals surface area (Å²) in [6.07, 6.45) is 0. The lowest BCUT2D eigenvalue weighted by Gasteiger charge is -2.03. The lowest BCUT2D eigenvalue weighted by atomic mass is 10.1. The van der Waals surface area contributed by atoms with Crippen LogP contribution in [0.15, 0.2) is 17.0 Å². The van der Waals surface area contributed by atoms with Crippen LogP contribution in [0.3, 0.4) is 0 Å². The van der Waals surface area contributed by atoms with Crippen LogP contribution in [-0.2, 0) is 9.84 Å². The first kappa shape index (κ1) is 9.54. The van der Waals surface area contributed by atoms with E-state index in [9.17, 15) is 17.2 Å². The van der Waals surface area contributed by atoms with Gasteiger partial charge in [-0.05, 0) is 12.1 Å². The van der Waals surface area contributed by atoms with Crippen molar-refractivity contribution in [2.75, 3.05) is 5.75 Å². The monoisotopic (exact) mass is 219 g/mol. The van der Waals surface area contributed by atoms with Crippen molar-refractivity contribution < 1.29 is 17.2 Å². The lowest BCUT2D eigenvalue weighted by molar-refractivity contribution is 0.548. The van der Waals surface area contributed by atoms with Crippen molar-refractivity contribution in [3.05, 3.63) is 29.3 Å². The van der Waals surface area contributed by atoms with Crippen LogP contribution >= 0.6 is 0 Å². The highest BCUT2D eigenvalue weighted by Gasteiger charge is 2.37. The second kappa shape index (κ2) is 2.74. The molecule has 1 aliphatic heterocycles. The van der Waals surface area contributed by atoms with Gasteiger partial charge in [-0.3, -0.25) is 0 Å². The third-order valence-corrected chi connectivity index (χ3v) is 4.01. The van der Waals surface area contributed by atoms with Gasteiger partial charge in [-0.15, -0.1) is 0 Å². The van der Waals surface area contributed by atoms with Gasteiger partial charge in [-0.1, -0.05) is 0 Å². The van der Waals surface area contributed by atoms with Crippen molar-refractivity contribution in [3.63, 3.8) is 0 Å². The van der Waals surface area contributed by atoms with Gasteiger partial charge < -0.3 is 5.73 Å². The molecule has 0 saturated heterocycles. The van der Waals surface area contributed by atoms with Gasteiger partial charge in [0.1, 0.15) is 16.5 Å². The second-order valence-electron chi connectivity index (χ2n) is 3.16.